The molecule has 0 radical (unpaired) electrons. The van der Waals surface area contributed by atoms with Crippen LogP contribution < -0.4 is 10.2 Å². The summed E-state index contributed by atoms with van der Waals surface area (Å²) in [6, 6.07) is 17.9. The molecule has 2 aromatic carbocycles. The van der Waals surface area contributed by atoms with Gasteiger partial charge in [-0.3, -0.25) is 4.79 Å². The number of benzene rings is 2. The first-order valence-corrected chi connectivity index (χ1v) is 6.94. The van der Waals surface area contributed by atoms with Crippen LogP contribution in [-0.4, -0.2) is 18.5 Å². The van der Waals surface area contributed by atoms with E-state index in [4.69, 9.17) is 0 Å². The van der Waals surface area contributed by atoms with Gasteiger partial charge in [0.05, 0.1) is 0 Å². The molecule has 102 valence electrons. The highest BCUT2D eigenvalue weighted by Crippen LogP contribution is 2.23. The van der Waals surface area contributed by atoms with Crippen molar-refractivity contribution in [1.82, 2.24) is 0 Å². The Bertz CT molecular complexity index is 592. The minimum atomic E-state index is -0.127. The van der Waals surface area contributed by atoms with Gasteiger partial charge in [-0.1, -0.05) is 35.9 Å². The van der Waals surface area contributed by atoms with Crippen molar-refractivity contribution in [3.8, 4) is 0 Å². The first-order chi connectivity index (χ1) is 9.74. The molecular formula is C17H18N2O. The van der Waals surface area contributed by atoms with Gasteiger partial charge in [0.1, 0.15) is 6.04 Å². The molecule has 1 atom stereocenters. The first kappa shape index (κ1) is 12.7. The van der Waals surface area contributed by atoms with Crippen LogP contribution in [0.25, 0.3) is 0 Å². The number of nitrogens with zero attached hydrogens (tertiary/aromatic N) is 1. The quantitative estimate of drug-likeness (QED) is 0.925. The van der Waals surface area contributed by atoms with Gasteiger partial charge in [-0.15, -0.1) is 0 Å². The molecule has 1 aliphatic rings. The smallest absolute Gasteiger partial charge is 0.249 e. The Labute approximate surface area is 119 Å². The van der Waals surface area contributed by atoms with Gasteiger partial charge in [-0.05, 0) is 37.6 Å². The molecule has 3 rings (SSSR count). The molecule has 1 aliphatic heterocycles. The van der Waals surface area contributed by atoms with Gasteiger partial charge in [0.15, 0.2) is 0 Å². The molecule has 1 unspecified atom stereocenters. The van der Waals surface area contributed by atoms with E-state index >= 15 is 0 Å². The molecule has 1 fully saturated rings. The van der Waals surface area contributed by atoms with E-state index < -0.39 is 0 Å². The van der Waals surface area contributed by atoms with Gasteiger partial charge in [-0.2, -0.15) is 0 Å². The molecule has 0 aromatic heterocycles. The van der Waals surface area contributed by atoms with Crippen LogP contribution in [0.1, 0.15) is 12.0 Å². The zero-order valence-electron chi connectivity index (χ0n) is 11.5. The van der Waals surface area contributed by atoms with E-state index in [1.807, 2.05) is 47.4 Å². The van der Waals surface area contributed by atoms with Crippen molar-refractivity contribution < 1.29 is 4.79 Å². The van der Waals surface area contributed by atoms with Crippen molar-refractivity contribution in [2.75, 3.05) is 16.8 Å². The SMILES string of the molecule is Cc1ccc(NC2CCN(c3ccccc3)C2=O)cc1. The Hall–Kier alpha value is -2.29. The number of nitrogens with one attached hydrogen (secondary N) is 1. The Balaban J connectivity index is 1.71. The Morgan fingerprint density at radius 3 is 2.45 bits per heavy atom. The lowest BCUT2D eigenvalue weighted by atomic mass is 10.2. The molecule has 3 nitrogen and oxygen atoms in total. The number of para-hydroxylation sites is 1. The summed E-state index contributed by atoms with van der Waals surface area (Å²) in [5.41, 5.74) is 3.20. The third-order valence-corrected chi connectivity index (χ3v) is 3.67. The summed E-state index contributed by atoms with van der Waals surface area (Å²) in [4.78, 5) is 14.3. The van der Waals surface area contributed by atoms with Crippen molar-refractivity contribution >= 4 is 17.3 Å². The predicted molar refractivity (Wildman–Crippen MR) is 82.0 cm³/mol. The Kier molecular flexibility index (Phi) is 3.42. The zero-order chi connectivity index (χ0) is 13.9. The molecule has 0 aliphatic carbocycles. The van der Waals surface area contributed by atoms with E-state index in [-0.39, 0.29) is 11.9 Å². The molecule has 1 saturated heterocycles. The molecule has 1 N–H and O–H groups in total. The molecule has 1 amide bonds. The van der Waals surface area contributed by atoms with Crippen LogP contribution in [0.2, 0.25) is 0 Å². The molecule has 20 heavy (non-hydrogen) atoms. The second kappa shape index (κ2) is 5.37. The summed E-state index contributed by atoms with van der Waals surface area (Å²) in [7, 11) is 0. The number of hydrogen-bond acceptors (Lipinski definition) is 2. The van der Waals surface area contributed by atoms with Crippen LogP contribution in [-0.2, 0) is 4.79 Å². The average molecular weight is 266 g/mol. The summed E-state index contributed by atoms with van der Waals surface area (Å²) >= 11 is 0. The van der Waals surface area contributed by atoms with Gasteiger partial charge < -0.3 is 10.2 Å². The molecule has 3 heteroatoms. The van der Waals surface area contributed by atoms with Crippen molar-refractivity contribution in [3.05, 3.63) is 60.2 Å². The van der Waals surface area contributed by atoms with Crippen LogP contribution in [0.4, 0.5) is 11.4 Å². The van der Waals surface area contributed by atoms with E-state index in [9.17, 15) is 4.79 Å². The first-order valence-electron chi connectivity index (χ1n) is 6.94. The van der Waals surface area contributed by atoms with Crippen molar-refractivity contribution in [3.63, 3.8) is 0 Å². The number of amides is 1. The lowest BCUT2D eigenvalue weighted by Gasteiger charge is -2.17. The number of rotatable bonds is 3. The molecule has 0 bridgehead atoms. The summed E-state index contributed by atoms with van der Waals surface area (Å²) in [5.74, 6) is 0.150. The lowest BCUT2D eigenvalue weighted by molar-refractivity contribution is -0.117. The monoisotopic (exact) mass is 266 g/mol. The summed E-state index contributed by atoms with van der Waals surface area (Å²) < 4.78 is 0. The van der Waals surface area contributed by atoms with Crippen LogP contribution in [0, 0.1) is 6.92 Å². The third-order valence-electron chi connectivity index (χ3n) is 3.67. The summed E-state index contributed by atoms with van der Waals surface area (Å²) in [6.07, 6.45) is 0.835. The van der Waals surface area contributed by atoms with Gasteiger partial charge >= 0.3 is 0 Å². The van der Waals surface area contributed by atoms with E-state index in [2.05, 4.69) is 24.4 Å². The van der Waals surface area contributed by atoms with Crippen LogP contribution >= 0.6 is 0 Å². The second-order valence-electron chi connectivity index (χ2n) is 5.18. The maximum atomic E-state index is 12.4. The standard InChI is InChI=1S/C17H18N2O/c1-13-7-9-14(10-8-13)18-16-11-12-19(17(16)20)15-5-3-2-4-6-15/h2-10,16,18H,11-12H2,1H3. The highest BCUT2D eigenvalue weighted by atomic mass is 16.2. The number of aryl methyl sites for hydroxylation is 1. The van der Waals surface area contributed by atoms with E-state index in [0.717, 1.165) is 24.3 Å². The average Bonchev–Trinajstić information content (AvgIpc) is 2.84. The summed E-state index contributed by atoms with van der Waals surface area (Å²) in [5, 5.41) is 3.33. The van der Waals surface area contributed by atoms with Crippen molar-refractivity contribution in [2.45, 2.75) is 19.4 Å². The molecule has 1 heterocycles. The normalized spacial score (nSPS) is 18.4. The fourth-order valence-electron chi connectivity index (χ4n) is 2.53. The van der Waals surface area contributed by atoms with Crippen molar-refractivity contribution in [2.24, 2.45) is 0 Å². The molecule has 0 spiro atoms. The van der Waals surface area contributed by atoms with Gasteiger partial charge in [-0.25, -0.2) is 0 Å². The predicted octanol–water partition coefficient (Wildman–Crippen LogP) is 3.21. The number of carbonyl (C=O) groups is 1. The minimum Gasteiger partial charge on any atom is -0.374 e. The molecular weight excluding hydrogens is 248 g/mol. The fourth-order valence-corrected chi connectivity index (χ4v) is 2.53. The van der Waals surface area contributed by atoms with E-state index in [1.165, 1.54) is 5.56 Å². The Morgan fingerprint density at radius 2 is 1.75 bits per heavy atom. The van der Waals surface area contributed by atoms with Crippen LogP contribution in [0.5, 0.6) is 0 Å². The van der Waals surface area contributed by atoms with E-state index in [1.54, 1.807) is 0 Å². The lowest BCUT2D eigenvalue weighted by Crippen LogP contribution is -2.33. The molecule has 2 aromatic rings. The highest BCUT2D eigenvalue weighted by molar-refractivity contribution is 6.00. The largest absolute Gasteiger partial charge is 0.374 e. The summed E-state index contributed by atoms with van der Waals surface area (Å²) in [6.45, 7) is 2.83. The second-order valence-corrected chi connectivity index (χ2v) is 5.18. The Morgan fingerprint density at radius 1 is 1.05 bits per heavy atom. The number of carbonyl (C=O) groups excluding carboxylic acids is 1. The fraction of sp³-hybridized carbons (Fsp3) is 0.235. The van der Waals surface area contributed by atoms with Gasteiger partial charge in [0.2, 0.25) is 5.91 Å². The number of hydrogen-bond donors (Lipinski definition) is 1. The van der Waals surface area contributed by atoms with Gasteiger partial charge in [0, 0.05) is 17.9 Å². The maximum Gasteiger partial charge on any atom is 0.249 e. The highest BCUT2D eigenvalue weighted by Gasteiger charge is 2.32. The minimum absolute atomic E-state index is 0.127. The van der Waals surface area contributed by atoms with Crippen LogP contribution in [0.15, 0.2) is 54.6 Å². The molecule has 0 saturated carbocycles. The van der Waals surface area contributed by atoms with E-state index in [0.29, 0.717) is 0 Å². The topological polar surface area (TPSA) is 32.3 Å². The van der Waals surface area contributed by atoms with Gasteiger partial charge in [0.25, 0.3) is 0 Å². The van der Waals surface area contributed by atoms with Crippen LogP contribution in [0.3, 0.4) is 0 Å². The zero-order valence-corrected chi connectivity index (χ0v) is 11.5. The maximum absolute atomic E-state index is 12.4. The number of anilines is 2. The van der Waals surface area contributed by atoms with Crippen molar-refractivity contribution in [1.29, 1.82) is 0 Å². The third kappa shape index (κ3) is 2.52.